The number of carbonyl (C=O) groups excluding carboxylic acids is 2. The lowest BCUT2D eigenvalue weighted by Crippen LogP contribution is -2.48. The Morgan fingerprint density at radius 1 is 1.11 bits per heavy atom. The fourth-order valence-electron chi connectivity index (χ4n) is 4.92. The maximum absolute atomic E-state index is 13.6. The Kier molecular flexibility index (Phi) is 6.18. The third kappa shape index (κ3) is 4.19. The molecule has 16 heteroatoms. The number of rotatable bonds is 8. The van der Waals surface area contributed by atoms with Crippen molar-refractivity contribution in [2.75, 3.05) is 6.61 Å². The van der Waals surface area contributed by atoms with Crippen LogP contribution in [0.3, 0.4) is 0 Å². The summed E-state index contributed by atoms with van der Waals surface area (Å²) in [6.07, 6.45) is -4.19. The SMILES string of the molecule is O=C(OC1C2CC3C1OS(=O)(=O)C3C2C(=O)OCCC(F)(F)C(F)(F)S(=O)(=O)[O-])c1ccccc1. The molecule has 1 aromatic carbocycles. The summed E-state index contributed by atoms with van der Waals surface area (Å²) in [7, 11) is -11.1. The fourth-order valence-corrected chi connectivity index (χ4v) is 7.45. The lowest BCUT2D eigenvalue weighted by molar-refractivity contribution is -0.177. The molecule has 2 aliphatic carbocycles. The van der Waals surface area contributed by atoms with E-state index >= 15 is 0 Å². The second-order valence-electron chi connectivity index (χ2n) is 8.44. The molecule has 0 radical (unpaired) electrons. The molecule has 6 atom stereocenters. The van der Waals surface area contributed by atoms with E-state index in [9.17, 15) is 48.5 Å². The van der Waals surface area contributed by atoms with Crippen LogP contribution in [0, 0.1) is 17.8 Å². The van der Waals surface area contributed by atoms with Crippen molar-refractivity contribution < 1.29 is 62.2 Å². The van der Waals surface area contributed by atoms with Crippen molar-refractivity contribution in [2.24, 2.45) is 17.8 Å². The van der Waals surface area contributed by atoms with Crippen LogP contribution in [-0.4, -0.2) is 68.6 Å². The van der Waals surface area contributed by atoms with Gasteiger partial charge in [-0.1, -0.05) is 18.2 Å². The number of alkyl halides is 4. The first-order valence-electron chi connectivity index (χ1n) is 10.1. The average molecular weight is 545 g/mol. The van der Waals surface area contributed by atoms with Gasteiger partial charge in [-0.2, -0.15) is 26.0 Å². The number of ether oxygens (including phenoxy) is 2. The summed E-state index contributed by atoms with van der Waals surface area (Å²) in [5.41, 5.74) is 0.142. The van der Waals surface area contributed by atoms with Gasteiger partial charge in [0.15, 0.2) is 10.1 Å². The number of esters is 2. The van der Waals surface area contributed by atoms with E-state index in [0.717, 1.165) is 0 Å². The molecule has 3 fully saturated rings. The number of hydrogen-bond donors (Lipinski definition) is 0. The Morgan fingerprint density at radius 3 is 2.34 bits per heavy atom. The predicted octanol–water partition coefficient (Wildman–Crippen LogP) is 1.28. The van der Waals surface area contributed by atoms with Crippen molar-refractivity contribution in [3.63, 3.8) is 0 Å². The molecule has 6 unspecified atom stereocenters. The molecular weight excluding hydrogens is 528 g/mol. The van der Waals surface area contributed by atoms with Crippen molar-refractivity contribution in [3.05, 3.63) is 35.9 Å². The first kappa shape index (κ1) is 25.8. The monoisotopic (exact) mass is 545 g/mol. The third-order valence-electron chi connectivity index (χ3n) is 6.45. The summed E-state index contributed by atoms with van der Waals surface area (Å²) >= 11 is 0. The highest BCUT2D eigenvalue weighted by Gasteiger charge is 2.72. The normalized spacial score (nSPS) is 31.3. The molecule has 1 aromatic rings. The first-order valence-corrected chi connectivity index (χ1v) is 13.0. The van der Waals surface area contributed by atoms with E-state index in [1.807, 2.05) is 0 Å². The van der Waals surface area contributed by atoms with E-state index < -0.39 is 91.6 Å². The molecule has 35 heavy (non-hydrogen) atoms. The summed E-state index contributed by atoms with van der Waals surface area (Å²) in [4.78, 5) is 25.1. The molecular formula is C19H17F4O10S2-. The zero-order valence-electron chi connectivity index (χ0n) is 17.4. The molecule has 2 saturated carbocycles. The van der Waals surface area contributed by atoms with Crippen LogP contribution in [0.5, 0.6) is 0 Å². The van der Waals surface area contributed by atoms with Crippen molar-refractivity contribution in [3.8, 4) is 0 Å². The van der Waals surface area contributed by atoms with Gasteiger partial charge in [-0.05, 0) is 18.6 Å². The lowest BCUT2D eigenvalue weighted by atomic mass is 9.84. The second kappa shape index (κ2) is 8.38. The summed E-state index contributed by atoms with van der Waals surface area (Å²) in [5, 5.41) is -7.37. The molecule has 1 saturated heterocycles. The minimum absolute atomic E-state index is 0.0731. The van der Waals surface area contributed by atoms with Crippen LogP contribution in [0.15, 0.2) is 30.3 Å². The quantitative estimate of drug-likeness (QED) is 0.202. The van der Waals surface area contributed by atoms with Crippen LogP contribution < -0.4 is 0 Å². The Labute approximate surface area is 196 Å². The van der Waals surface area contributed by atoms with Gasteiger partial charge in [-0.25, -0.2) is 13.2 Å². The summed E-state index contributed by atoms with van der Waals surface area (Å²) in [6.45, 7) is -1.43. The summed E-state index contributed by atoms with van der Waals surface area (Å²) in [5.74, 6) is -10.7. The first-order chi connectivity index (χ1) is 16.1. The zero-order chi connectivity index (χ0) is 26.0. The van der Waals surface area contributed by atoms with Crippen LogP contribution in [0.25, 0.3) is 0 Å². The minimum atomic E-state index is -6.72. The van der Waals surface area contributed by atoms with Crippen LogP contribution in [0.1, 0.15) is 23.2 Å². The minimum Gasteiger partial charge on any atom is -0.743 e. The van der Waals surface area contributed by atoms with Crippen molar-refractivity contribution >= 4 is 32.2 Å². The van der Waals surface area contributed by atoms with Crippen LogP contribution >= 0.6 is 0 Å². The number of halogens is 4. The molecule has 0 spiro atoms. The molecule has 194 valence electrons. The second-order valence-corrected chi connectivity index (χ2v) is 11.6. The summed E-state index contributed by atoms with van der Waals surface area (Å²) < 4.78 is 125. The largest absolute Gasteiger partial charge is 0.743 e. The zero-order valence-corrected chi connectivity index (χ0v) is 19.0. The maximum Gasteiger partial charge on any atom is 0.396 e. The van der Waals surface area contributed by atoms with E-state index in [1.54, 1.807) is 18.2 Å². The standard InChI is InChI=1S/C19H18F4O10S2/c20-18(21,19(22,23)35(28,29)30)6-7-31-17(25)12-10-8-11-14(33-34(26,27)15(11)12)13(10)32-16(24)9-4-2-1-3-5-9/h1-5,10-15H,6-8H2,(H,28,29,30)/p-1. The highest BCUT2D eigenvalue weighted by molar-refractivity contribution is 7.87. The predicted molar refractivity (Wildman–Crippen MR) is 103 cm³/mol. The summed E-state index contributed by atoms with van der Waals surface area (Å²) in [6, 6.07) is 7.63. The van der Waals surface area contributed by atoms with E-state index in [4.69, 9.17) is 8.92 Å². The molecule has 1 heterocycles. The van der Waals surface area contributed by atoms with E-state index in [1.165, 1.54) is 12.1 Å². The van der Waals surface area contributed by atoms with Gasteiger partial charge in [0.05, 0.1) is 24.5 Å². The number of fused-ring (bicyclic) bond motifs is 1. The Bertz CT molecular complexity index is 1240. The van der Waals surface area contributed by atoms with Gasteiger partial charge < -0.3 is 14.0 Å². The van der Waals surface area contributed by atoms with Gasteiger partial charge in [0.2, 0.25) is 0 Å². The van der Waals surface area contributed by atoms with E-state index in [0.29, 0.717) is 0 Å². The van der Waals surface area contributed by atoms with Gasteiger partial charge >= 0.3 is 23.1 Å². The van der Waals surface area contributed by atoms with E-state index in [-0.39, 0.29) is 12.0 Å². The maximum atomic E-state index is 13.6. The lowest BCUT2D eigenvalue weighted by Gasteiger charge is -2.31. The van der Waals surface area contributed by atoms with Gasteiger partial charge in [-0.3, -0.25) is 8.98 Å². The topological polar surface area (TPSA) is 153 Å². The third-order valence-corrected chi connectivity index (χ3v) is 9.18. The van der Waals surface area contributed by atoms with Crippen molar-refractivity contribution in [1.82, 2.24) is 0 Å². The highest BCUT2D eigenvalue weighted by Crippen LogP contribution is 2.58. The number of carbonyl (C=O) groups is 2. The molecule has 10 nitrogen and oxygen atoms in total. The van der Waals surface area contributed by atoms with Crippen molar-refractivity contribution in [1.29, 1.82) is 0 Å². The Morgan fingerprint density at radius 2 is 1.74 bits per heavy atom. The molecule has 2 bridgehead atoms. The van der Waals surface area contributed by atoms with Gasteiger partial charge in [0.25, 0.3) is 10.1 Å². The highest BCUT2D eigenvalue weighted by atomic mass is 32.2. The number of benzene rings is 1. The van der Waals surface area contributed by atoms with Crippen molar-refractivity contribution in [2.45, 2.75) is 41.5 Å². The molecule has 0 N–H and O–H groups in total. The molecule has 0 amide bonds. The average Bonchev–Trinajstić information content (AvgIpc) is 3.36. The fraction of sp³-hybridized carbons (Fsp3) is 0.579. The van der Waals surface area contributed by atoms with Crippen LogP contribution in [0.2, 0.25) is 0 Å². The smallest absolute Gasteiger partial charge is 0.396 e. The van der Waals surface area contributed by atoms with Crippen LogP contribution in [0.4, 0.5) is 17.6 Å². The number of hydrogen-bond acceptors (Lipinski definition) is 10. The molecule has 3 aliphatic rings. The Hall–Kier alpha value is -2.30. The van der Waals surface area contributed by atoms with Gasteiger partial charge in [0, 0.05) is 11.8 Å². The van der Waals surface area contributed by atoms with E-state index in [2.05, 4.69) is 4.74 Å². The van der Waals surface area contributed by atoms with Gasteiger partial charge in [0.1, 0.15) is 17.5 Å². The molecule has 4 rings (SSSR count). The Balaban J connectivity index is 1.48. The van der Waals surface area contributed by atoms with Crippen LogP contribution in [-0.2, 0) is 38.7 Å². The molecule has 0 aromatic heterocycles. The van der Waals surface area contributed by atoms with Gasteiger partial charge in [-0.15, -0.1) is 0 Å². The molecule has 1 aliphatic heterocycles.